The summed E-state index contributed by atoms with van der Waals surface area (Å²) in [6.07, 6.45) is 4.46. The lowest BCUT2D eigenvalue weighted by Crippen LogP contribution is -2.56. The minimum Gasteiger partial charge on any atom is -0.385 e. The Hall–Kier alpha value is -2.22. The molecule has 3 nitrogen and oxygen atoms in total. The van der Waals surface area contributed by atoms with Gasteiger partial charge in [-0.2, -0.15) is 5.26 Å². The molecule has 0 aliphatic carbocycles. The second-order valence-corrected chi connectivity index (χ2v) is 7.64. The number of rotatable bonds is 3. The predicted molar refractivity (Wildman–Crippen MR) is 97.7 cm³/mol. The van der Waals surface area contributed by atoms with Crippen LogP contribution < -0.4 is 0 Å². The molecule has 2 bridgehead atoms. The van der Waals surface area contributed by atoms with Gasteiger partial charge in [0.05, 0.1) is 17.2 Å². The van der Waals surface area contributed by atoms with E-state index in [-0.39, 0.29) is 17.6 Å². The SMILES string of the molecule is N#Cc1cc(F)ccc1C1(O)CC2CCCC(C1)N2Cc1ccccc1. The van der Waals surface area contributed by atoms with E-state index in [0.29, 0.717) is 18.4 Å². The summed E-state index contributed by atoms with van der Waals surface area (Å²) in [6.45, 7) is 0.890. The van der Waals surface area contributed by atoms with Gasteiger partial charge in [-0.05, 0) is 43.4 Å². The summed E-state index contributed by atoms with van der Waals surface area (Å²) >= 11 is 0. The first kappa shape index (κ1) is 17.2. The lowest BCUT2D eigenvalue weighted by Gasteiger charge is -2.52. The molecule has 0 aromatic heterocycles. The molecule has 2 heterocycles. The van der Waals surface area contributed by atoms with Crippen molar-refractivity contribution in [2.45, 2.75) is 56.3 Å². The molecule has 2 atom stereocenters. The smallest absolute Gasteiger partial charge is 0.124 e. The maximum Gasteiger partial charge on any atom is 0.124 e. The van der Waals surface area contributed by atoms with Gasteiger partial charge in [-0.15, -0.1) is 0 Å². The van der Waals surface area contributed by atoms with E-state index < -0.39 is 11.4 Å². The highest BCUT2D eigenvalue weighted by Gasteiger charge is 2.47. The Labute approximate surface area is 153 Å². The van der Waals surface area contributed by atoms with Crippen LogP contribution in [0.3, 0.4) is 0 Å². The van der Waals surface area contributed by atoms with E-state index in [2.05, 4.69) is 35.2 Å². The van der Waals surface area contributed by atoms with Crippen molar-refractivity contribution in [1.82, 2.24) is 4.90 Å². The minimum absolute atomic E-state index is 0.252. The average Bonchev–Trinajstić information content (AvgIpc) is 2.63. The number of piperidine rings is 2. The molecule has 134 valence electrons. The van der Waals surface area contributed by atoms with E-state index in [0.717, 1.165) is 19.4 Å². The molecule has 2 aliphatic rings. The molecule has 2 aromatic rings. The summed E-state index contributed by atoms with van der Waals surface area (Å²) < 4.78 is 13.5. The maximum absolute atomic E-state index is 13.5. The Kier molecular flexibility index (Phi) is 4.52. The molecule has 2 fully saturated rings. The Morgan fingerprint density at radius 2 is 1.81 bits per heavy atom. The van der Waals surface area contributed by atoms with Crippen molar-refractivity contribution in [3.63, 3.8) is 0 Å². The first-order chi connectivity index (χ1) is 12.6. The first-order valence-electron chi connectivity index (χ1n) is 9.31. The zero-order chi connectivity index (χ0) is 18.1. The molecule has 2 aliphatic heterocycles. The molecule has 2 aromatic carbocycles. The van der Waals surface area contributed by atoms with Gasteiger partial charge in [0, 0.05) is 24.2 Å². The minimum atomic E-state index is -1.05. The summed E-state index contributed by atoms with van der Waals surface area (Å²) in [5, 5.41) is 20.8. The van der Waals surface area contributed by atoms with Gasteiger partial charge in [0.25, 0.3) is 0 Å². The molecule has 0 radical (unpaired) electrons. The van der Waals surface area contributed by atoms with Crippen molar-refractivity contribution in [2.24, 2.45) is 0 Å². The normalized spacial score (nSPS) is 28.5. The van der Waals surface area contributed by atoms with Crippen molar-refractivity contribution in [2.75, 3.05) is 0 Å². The fourth-order valence-corrected chi connectivity index (χ4v) is 4.81. The topological polar surface area (TPSA) is 47.3 Å². The molecular weight excluding hydrogens is 327 g/mol. The van der Waals surface area contributed by atoms with E-state index in [4.69, 9.17) is 0 Å². The van der Waals surface area contributed by atoms with Crippen molar-refractivity contribution in [3.05, 3.63) is 71.0 Å². The summed E-state index contributed by atoms with van der Waals surface area (Å²) in [6, 6.07) is 17.2. The van der Waals surface area contributed by atoms with Crippen molar-refractivity contribution < 1.29 is 9.50 Å². The third kappa shape index (κ3) is 3.13. The first-order valence-corrected chi connectivity index (χ1v) is 9.31. The van der Waals surface area contributed by atoms with Crippen LogP contribution >= 0.6 is 0 Å². The predicted octanol–water partition coefficient (Wildman–Crippen LogP) is 4.10. The molecule has 0 amide bonds. The number of nitrogens with zero attached hydrogens (tertiary/aromatic N) is 2. The van der Waals surface area contributed by atoms with Crippen LogP contribution in [-0.2, 0) is 12.1 Å². The quantitative estimate of drug-likeness (QED) is 0.906. The van der Waals surface area contributed by atoms with Gasteiger partial charge in [0.2, 0.25) is 0 Å². The molecular formula is C22H23FN2O. The van der Waals surface area contributed by atoms with E-state index in [1.807, 2.05) is 6.07 Å². The van der Waals surface area contributed by atoms with Crippen molar-refractivity contribution in [1.29, 1.82) is 5.26 Å². The van der Waals surface area contributed by atoms with E-state index >= 15 is 0 Å². The second-order valence-electron chi connectivity index (χ2n) is 7.64. The summed E-state index contributed by atoms with van der Waals surface area (Å²) in [5.74, 6) is -0.435. The van der Waals surface area contributed by atoms with Crippen LogP contribution in [0, 0.1) is 17.1 Å². The van der Waals surface area contributed by atoms with E-state index in [1.165, 1.54) is 24.1 Å². The lowest BCUT2D eigenvalue weighted by atomic mass is 9.71. The Bertz CT molecular complexity index is 816. The van der Waals surface area contributed by atoms with Crippen LogP contribution in [0.4, 0.5) is 4.39 Å². The van der Waals surface area contributed by atoms with Gasteiger partial charge in [-0.1, -0.05) is 42.8 Å². The van der Waals surface area contributed by atoms with Crippen molar-refractivity contribution in [3.8, 4) is 6.07 Å². The third-order valence-corrected chi connectivity index (χ3v) is 5.97. The third-order valence-electron chi connectivity index (χ3n) is 5.97. The Morgan fingerprint density at radius 1 is 1.12 bits per heavy atom. The number of fused-ring (bicyclic) bond motifs is 2. The van der Waals surface area contributed by atoms with E-state index in [1.54, 1.807) is 6.07 Å². The number of hydrogen-bond acceptors (Lipinski definition) is 3. The van der Waals surface area contributed by atoms with Gasteiger partial charge in [-0.3, -0.25) is 4.90 Å². The Morgan fingerprint density at radius 3 is 2.46 bits per heavy atom. The zero-order valence-corrected chi connectivity index (χ0v) is 14.7. The van der Waals surface area contributed by atoms with Gasteiger partial charge in [-0.25, -0.2) is 4.39 Å². The largest absolute Gasteiger partial charge is 0.385 e. The number of hydrogen-bond donors (Lipinski definition) is 1. The standard InChI is InChI=1S/C22H23FN2O/c23-18-9-10-21(17(11-18)14-24)22(26)12-19-7-4-8-20(13-22)25(19)15-16-5-2-1-3-6-16/h1-3,5-6,9-11,19-20,26H,4,7-8,12-13,15H2. The molecule has 4 rings (SSSR count). The molecule has 2 unspecified atom stereocenters. The molecule has 4 heteroatoms. The van der Waals surface area contributed by atoms with Crippen LogP contribution in [0.1, 0.15) is 48.8 Å². The average molecular weight is 350 g/mol. The second kappa shape index (κ2) is 6.83. The molecule has 0 spiro atoms. The number of nitriles is 1. The number of benzene rings is 2. The van der Waals surface area contributed by atoms with Crippen LogP contribution in [0.2, 0.25) is 0 Å². The molecule has 2 saturated heterocycles. The van der Waals surface area contributed by atoms with E-state index in [9.17, 15) is 14.8 Å². The molecule has 0 saturated carbocycles. The van der Waals surface area contributed by atoms with Crippen LogP contribution in [0.5, 0.6) is 0 Å². The highest BCUT2D eigenvalue weighted by atomic mass is 19.1. The van der Waals surface area contributed by atoms with Crippen LogP contribution in [0.25, 0.3) is 0 Å². The highest BCUT2D eigenvalue weighted by molar-refractivity contribution is 5.42. The molecule has 26 heavy (non-hydrogen) atoms. The maximum atomic E-state index is 13.5. The Balaban J connectivity index is 1.62. The van der Waals surface area contributed by atoms with Gasteiger partial charge >= 0.3 is 0 Å². The summed E-state index contributed by atoms with van der Waals surface area (Å²) in [4.78, 5) is 2.52. The highest BCUT2D eigenvalue weighted by Crippen LogP contribution is 2.45. The molecule has 1 N–H and O–H groups in total. The van der Waals surface area contributed by atoms with Gasteiger partial charge in [0.1, 0.15) is 5.82 Å². The summed E-state index contributed by atoms with van der Waals surface area (Å²) in [7, 11) is 0. The van der Waals surface area contributed by atoms with Crippen LogP contribution in [0.15, 0.2) is 48.5 Å². The van der Waals surface area contributed by atoms with Crippen molar-refractivity contribution >= 4 is 0 Å². The monoisotopic (exact) mass is 350 g/mol. The van der Waals surface area contributed by atoms with Gasteiger partial charge < -0.3 is 5.11 Å². The van der Waals surface area contributed by atoms with Gasteiger partial charge in [0.15, 0.2) is 0 Å². The van der Waals surface area contributed by atoms with Crippen LogP contribution in [-0.4, -0.2) is 22.1 Å². The fourth-order valence-electron chi connectivity index (χ4n) is 4.81. The lowest BCUT2D eigenvalue weighted by molar-refractivity contribution is -0.100. The number of halogens is 1. The zero-order valence-electron chi connectivity index (χ0n) is 14.7. The summed E-state index contributed by atoms with van der Waals surface area (Å²) in [5.41, 5.74) is 1.07. The number of aliphatic hydroxyl groups is 1. The fraction of sp³-hybridized carbons (Fsp3) is 0.409.